The summed E-state index contributed by atoms with van der Waals surface area (Å²) >= 11 is 0. The van der Waals surface area contributed by atoms with Crippen molar-refractivity contribution in [3.63, 3.8) is 0 Å². The second-order valence-corrected chi connectivity index (χ2v) is 8.30. The number of sulfonamides is 1. The van der Waals surface area contributed by atoms with E-state index in [9.17, 15) is 23.1 Å². The maximum Gasteiger partial charge on any atom is 0.311 e. The maximum absolute atomic E-state index is 12.7. The summed E-state index contributed by atoms with van der Waals surface area (Å²) in [6.45, 7) is 2.58. The normalized spacial score (nSPS) is 28.7. The molecular formula is C15H19N3O5S. The summed E-state index contributed by atoms with van der Waals surface area (Å²) in [6.07, 6.45) is 5.81. The van der Waals surface area contributed by atoms with Crippen LogP contribution >= 0.6 is 0 Å². The van der Waals surface area contributed by atoms with E-state index < -0.39 is 21.4 Å². The van der Waals surface area contributed by atoms with Crippen molar-refractivity contribution in [1.29, 1.82) is 0 Å². The molecule has 0 spiro atoms. The molecule has 3 aliphatic rings. The van der Waals surface area contributed by atoms with E-state index in [4.69, 9.17) is 0 Å². The second-order valence-electron chi connectivity index (χ2n) is 6.54. The molecule has 0 aliphatic carbocycles. The summed E-state index contributed by atoms with van der Waals surface area (Å²) in [5.41, 5.74) is -0.526. The lowest BCUT2D eigenvalue weighted by Gasteiger charge is -2.38. The molecule has 24 heavy (non-hydrogen) atoms. The molecule has 1 amide bonds. The molecule has 3 heterocycles. The first-order chi connectivity index (χ1) is 11.2. The molecular weight excluding hydrogens is 334 g/mol. The standard InChI is InChI=1S/C15H19N3O5S/c1-15(14(20)21)5-2-6-18(10-15)13(19)11-3-4-12-16-24(22,23)8-7-17(12)9-11/h3-4,9H,2,5-8,10H2,1H3,(H,20,21). The topological polar surface area (TPSA) is 107 Å². The summed E-state index contributed by atoms with van der Waals surface area (Å²) in [4.78, 5) is 27.3. The van der Waals surface area contributed by atoms with E-state index >= 15 is 0 Å². The van der Waals surface area contributed by atoms with Gasteiger partial charge in [0.15, 0.2) is 0 Å². The molecule has 3 aliphatic heterocycles. The van der Waals surface area contributed by atoms with Crippen LogP contribution in [0.15, 0.2) is 28.3 Å². The fourth-order valence-electron chi connectivity index (χ4n) is 3.10. The summed E-state index contributed by atoms with van der Waals surface area (Å²) in [6, 6.07) is 0. The molecule has 1 unspecified atom stereocenters. The number of amides is 1. The molecule has 1 fully saturated rings. The highest BCUT2D eigenvalue weighted by atomic mass is 32.2. The minimum absolute atomic E-state index is 0.0941. The predicted molar refractivity (Wildman–Crippen MR) is 86.7 cm³/mol. The van der Waals surface area contributed by atoms with Crippen molar-refractivity contribution < 1.29 is 23.1 Å². The van der Waals surface area contributed by atoms with Gasteiger partial charge in [-0.2, -0.15) is 0 Å². The molecule has 0 aromatic carbocycles. The number of piperidine rings is 1. The van der Waals surface area contributed by atoms with Crippen molar-refractivity contribution in [1.82, 2.24) is 9.80 Å². The number of carboxylic acids is 1. The van der Waals surface area contributed by atoms with E-state index in [0.717, 1.165) is 0 Å². The molecule has 130 valence electrons. The Balaban J connectivity index is 1.79. The van der Waals surface area contributed by atoms with Gasteiger partial charge in [-0.05, 0) is 31.9 Å². The largest absolute Gasteiger partial charge is 0.481 e. The zero-order valence-corrected chi connectivity index (χ0v) is 14.1. The molecule has 1 atom stereocenters. The Bertz CT molecular complexity index is 783. The third kappa shape index (κ3) is 3.08. The lowest BCUT2D eigenvalue weighted by atomic mass is 9.82. The number of carbonyl (C=O) groups is 2. The van der Waals surface area contributed by atoms with Gasteiger partial charge >= 0.3 is 5.97 Å². The zero-order valence-electron chi connectivity index (χ0n) is 13.3. The predicted octanol–water partition coefficient (Wildman–Crippen LogP) is 0.197. The number of carbonyl (C=O) groups excluding carboxylic acids is 1. The quantitative estimate of drug-likeness (QED) is 0.760. The number of amidine groups is 1. The van der Waals surface area contributed by atoms with Crippen molar-refractivity contribution in [3.05, 3.63) is 23.9 Å². The molecule has 0 aromatic heterocycles. The first-order valence-corrected chi connectivity index (χ1v) is 9.33. The lowest BCUT2D eigenvalue weighted by Crippen LogP contribution is -2.49. The third-order valence-electron chi connectivity index (χ3n) is 4.57. The number of likely N-dealkylation sites (tertiary alicyclic amines) is 1. The van der Waals surface area contributed by atoms with Crippen molar-refractivity contribution in [2.75, 3.05) is 25.4 Å². The minimum Gasteiger partial charge on any atom is -0.481 e. The smallest absolute Gasteiger partial charge is 0.311 e. The molecule has 0 aromatic rings. The van der Waals surface area contributed by atoms with Crippen LogP contribution < -0.4 is 0 Å². The van der Waals surface area contributed by atoms with Crippen molar-refractivity contribution in [3.8, 4) is 0 Å². The number of nitrogens with zero attached hydrogens (tertiary/aromatic N) is 3. The van der Waals surface area contributed by atoms with Gasteiger partial charge in [0.25, 0.3) is 15.9 Å². The van der Waals surface area contributed by atoms with Crippen LogP contribution in [-0.4, -0.2) is 66.4 Å². The highest BCUT2D eigenvalue weighted by Crippen LogP contribution is 2.31. The van der Waals surface area contributed by atoms with Crippen LogP contribution in [0.1, 0.15) is 19.8 Å². The summed E-state index contributed by atoms with van der Waals surface area (Å²) < 4.78 is 26.7. The van der Waals surface area contributed by atoms with E-state index in [2.05, 4.69) is 4.40 Å². The molecule has 1 N–H and O–H groups in total. The molecule has 1 saturated heterocycles. The van der Waals surface area contributed by atoms with Gasteiger partial charge in [0, 0.05) is 25.8 Å². The SMILES string of the molecule is CC1(C(=O)O)CCCN(C(=O)C2=CN3CCS(=O)(=O)N=C3C=C2)C1. The number of hydrogen-bond acceptors (Lipinski definition) is 5. The van der Waals surface area contributed by atoms with Crippen LogP contribution in [-0.2, 0) is 19.6 Å². The monoisotopic (exact) mass is 353 g/mol. The first-order valence-electron chi connectivity index (χ1n) is 7.72. The van der Waals surface area contributed by atoms with Crippen molar-refractivity contribution in [2.45, 2.75) is 19.8 Å². The molecule has 0 bridgehead atoms. The number of aliphatic carboxylic acids is 1. The van der Waals surface area contributed by atoms with Gasteiger partial charge in [-0.1, -0.05) is 0 Å². The summed E-state index contributed by atoms with van der Waals surface area (Å²) in [7, 11) is -3.43. The highest BCUT2D eigenvalue weighted by Gasteiger charge is 2.40. The van der Waals surface area contributed by atoms with Gasteiger partial charge in [-0.25, -0.2) is 8.42 Å². The Kier molecular flexibility index (Phi) is 3.98. The summed E-state index contributed by atoms with van der Waals surface area (Å²) in [5, 5.41) is 9.36. The van der Waals surface area contributed by atoms with Gasteiger partial charge < -0.3 is 14.9 Å². The fraction of sp³-hybridized carbons (Fsp3) is 0.533. The zero-order chi connectivity index (χ0) is 17.5. The Hall–Kier alpha value is -2.16. The Morgan fingerprint density at radius 2 is 2.04 bits per heavy atom. The second kappa shape index (κ2) is 5.73. The van der Waals surface area contributed by atoms with E-state index in [1.807, 2.05) is 0 Å². The van der Waals surface area contributed by atoms with Gasteiger partial charge in [-0.3, -0.25) is 9.59 Å². The van der Waals surface area contributed by atoms with E-state index in [1.165, 1.54) is 12.2 Å². The first kappa shape index (κ1) is 16.7. The Morgan fingerprint density at radius 1 is 1.29 bits per heavy atom. The van der Waals surface area contributed by atoms with Crippen LogP contribution in [0.5, 0.6) is 0 Å². The van der Waals surface area contributed by atoms with Crippen LogP contribution in [0.4, 0.5) is 0 Å². The average molecular weight is 353 g/mol. The van der Waals surface area contributed by atoms with Gasteiger partial charge in [0.1, 0.15) is 5.84 Å². The number of fused-ring (bicyclic) bond motifs is 1. The summed E-state index contributed by atoms with van der Waals surface area (Å²) in [5.74, 6) is -0.940. The number of rotatable bonds is 2. The average Bonchev–Trinajstić information content (AvgIpc) is 2.53. The van der Waals surface area contributed by atoms with Crippen LogP contribution in [0.3, 0.4) is 0 Å². The van der Waals surface area contributed by atoms with Gasteiger partial charge in [0.05, 0.1) is 16.7 Å². The number of hydrogen-bond donors (Lipinski definition) is 1. The van der Waals surface area contributed by atoms with Gasteiger partial charge in [-0.15, -0.1) is 4.40 Å². The highest BCUT2D eigenvalue weighted by molar-refractivity contribution is 7.90. The van der Waals surface area contributed by atoms with Crippen molar-refractivity contribution in [2.24, 2.45) is 9.81 Å². The maximum atomic E-state index is 12.7. The van der Waals surface area contributed by atoms with Crippen LogP contribution in [0.2, 0.25) is 0 Å². The molecule has 0 radical (unpaired) electrons. The van der Waals surface area contributed by atoms with Gasteiger partial charge in [0.2, 0.25) is 0 Å². The van der Waals surface area contributed by atoms with Crippen LogP contribution in [0, 0.1) is 5.41 Å². The minimum atomic E-state index is -3.43. The van der Waals surface area contributed by atoms with E-state index in [1.54, 1.807) is 22.9 Å². The Morgan fingerprint density at radius 3 is 2.75 bits per heavy atom. The van der Waals surface area contributed by atoms with E-state index in [0.29, 0.717) is 30.8 Å². The molecule has 3 rings (SSSR count). The van der Waals surface area contributed by atoms with E-state index in [-0.39, 0.29) is 24.7 Å². The van der Waals surface area contributed by atoms with Crippen LogP contribution in [0.25, 0.3) is 0 Å². The fourth-order valence-corrected chi connectivity index (χ4v) is 4.07. The molecule has 9 heteroatoms. The molecule has 0 saturated carbocycles. The van der Waals surface area contributed by atoms with Crippen molar-refractivity contribution >= 4 is 27.7 Å². The molecule has 8 nitrogen and oxygen atoms in total. The third-order valence-corrected chi connectivity index (χ3v) is 5.73. The Labute approximate surface area is 140 Å². The lowest BCUT2D eigenvalue weighted by molar-refractivity contribution is -0.152. The number of carboxylic acid groups (broad SMARTS) is 1.